The van der Waals surface area contributed by atoms with Crippen LogP contribution in [-0.4, -0.2) is 48.1 Å². The van der Waals surface area contributed by atoms with E-state index < -0.39 is 0 Å². The Labute approximate surface area is 143 Å². The van der Waals surface area contributed by atoms with Crippen molar-refractivity contribution in [2.75, 3.05) is 33.2 Å². The number of phenolic OH excluding ortho intramolecular Hbond substituents is 1. The number of hydrogen-bond donors (Lipinski definition) is 1. The van der Waals surface area contributed by atoms with Crippen molar-refractivity contribution in [2.24, 2.45) is 0 Å². The molecule has 1 aliphatic heterocycles. The molecule has 0 radical (unpaired) electrons. The standard InChI is InChI=1S/C16H20N2OS3/c1-11-15(21-22-16(11)20)12-3-4-14(19)13(9-12)10-18-7-5-17(2)6-8-18/h3-4,9,19H,5-8,10H2,1-2H3. The fourth-order valence-corrected chi connectivity index (χ4v) is 5.55. The first kappa shape index (κ1) is 16.1. The largest absolute Gasteiger partial charge is 0.508 e. The molecule has 1 saturated heterocycles. The zero-order chi connectivity index (χ0) is 15.7. The lowest BCUT2D eigenvalue weighted by Crippen LogP contribution is -2.43. The molecule has 0 spiro atoms. The molecular formula is C16H20N2OS3. The predicted octanol–water partition coefficient (Wildman–Crippen LogP) is 3.97. The second kappa shape index (κ2) is 6.76. The molecule has 1 fully saturated rings. The van der Waals surface area contributed by atoms with Crippen molar-refractivity contribution < 1.29 is 5.11 Å². The Hall–Kier alpha value is -0.790. The Morgan fingerprint density at radius 2 is 1.91 bits per heavy atom. The molecule has 1 aromatic carbocycles. The molecule has 6 heteroatoms. The summed E-state index contributed by atoms with van der Waals surface area (Å²) in [6, 6.07) is 5.92. The van der Waals surface area contributed by atoms with Gasteiger partial charge in [0, 0.05) is 38.3 Å². The first-order valence-corrected chi connectivity index (χ1v) is 9.93. The van der Waals surface area contributed by atoms with E-state index in [0.29, 0.717) is 5.75 Å². The molecule has 1 aromatic heterocycles. The van der Waals surface area contributed by atoms with E-state index in [4.69, 9.17) is 12.2 Å². The molecule has 2 heterocycles. The molecule has 1 N–H and O–H groups in total. The van der Waals surface area contributed by atoms with Gasteiger partial charge in [-0.05, 0) is 43.3 Å². The topological polar surface area (TPSA) is 26.7 Å². The maximum atomic E-state index is 10.2. The minimum atomic E-state index is 0.388. The number of likely N-dealkylation sites (N-methyl/N-ethyl adjacent to an activating group) is 1. The SMILES string of the molecule is Cc1c(-c2ccc(O)c(CN3CCN(C)CC3)c2)ssc1=S. The summed E-state index contributed by atoms with van der Waals surface area (Å²) in [5, 5.41) is 10.2. The Morgan fingerprint density at radius 1 is 1.18 bits per heavy atom. The molecule has 118 valence electrons. The lowest BCUT2D eigenvalue weighted by atomic mass is 10.1. The molecule has 0 bridgehead atoms. The van der Waals surface area contributed by atoms with Crippen LogP contribution in [0.3, 0.4) is 0 Å². The fraction of sp³-hybridized carbons (Fsp3) is 0.438. The maximum absolute atomic E-state index is 10.2. The van der Waals surface area contributed by atoms with Crippen molar-refractivity contribution in [1.82, 2.24) is 9.80 Å². The number of benzene rings is 1. The van der Waals surface area contributed by atoms with Gasteiger partial charge in [-0.25, -0.2) is 0 Å². The summed E-state index contributed by atoms with van der Waals surface area (Å²) in [5.74, 6) is 0.388. The van der Waals surface area contributed by atoms with Crippen LogP contribution >= 0.6 is 32.9 Å². The molecule has 0 saturated carbocycles. The smallest absolute Gasteiger partial charge is 0.120 e. The van der Waals surface area contributed by atoms with Crippen molar-refractivity contribution in [2.45, 2.75) is 13.5 Å². The third-order valence-corrected chi connectivity index (χ3v) is 7.55. The predicted molar refractivity (Wildman–Crippen MR) is 97.6 cm³/mol. The van der Waals surface area contributed by atoms with Gasteiger partial charge in [0.1, 0.15) is 9.57 Å². The van der Waals surface area contributed by atoms with E-state index in [9.17, 15) is 5.11 Å². The fourth-order valence-electron chi connectivity index (χ4n) is 2.66. The Bertz CT molecular complexity index is 714. The Morgan fingerprint density at radius 3 is 2.55 bits per heavy atom. The van der Waals surface area contributed by atoms with Gasteiger partial charge in [-0.15, -0.1) is 0 Å². The van der Waals surface area contributed by atoms with E-state index in [1.54, 1.807) is 20.7 Å². The van der Waals surface area contributed by atoms with Gasteiger partial charge in [-0.3, -0.25) is 4.90 Å². The normalized spacial score (nSPS) is 17.0. The molecule has 1 aliphatic rings. The molecule has 0 atom stereocenters. The maximum Gasteiger partial charge on any atom is 0.120 e. The third kappa shape index (κ3) is 3.41. The monoisotopic (exact) mass is 352 g/mol. The second-order valence-corrected chi connectivity index (χ2v) is 8.65. The van der Waals surface area contributed by atoms with E-state index >= 15 is 0 Å². The average molecular weight is 353 g/mol. The van der Waals surface area contributed by atoms with Gasteiger partial charge in [-0.1, -0.05) is 32.9 Å². The van der Waals surface area contributed by atoms with Gasteiger partial charge >= 0.3 is 0 Å². The molecular weight excluding hydrogens is 332 g/mol. The molecule has 3 rings (SSSR count). The summed E-state index contributed by atoms with van der Waals surface area (Å²) in [6.07, 6.45) is 0. The zero-order valence-corrected chi connectivity index (χ0v) is 15.3. The van der Waals surface area contributed by atoms with E-state index in [-0.39, 0.29) is 0 Å². The first-order chi connectivity index (χ1) is 10.5. The van der Waals surface area contributed by atoms with Crippen LogP contribution in [-0.2, 0) is 6.54 Å². The number of piperazine rings is 1. The van der Waals surface area contributed by atoms with Crippen LogP contribution in [0.15, 0.2) is 18.2 Å². The highest BCUT2D eigenvalue weighted by Crippen LogP contribution is 2.36. The summed E-state index contributed by atoms with van der Waals surface area (Å²) in [6.45, 7) is 7.17. The van der Waals surface area contributed by atoms with E-state index in [1.165, 1.54) is 10.4 Å². The van der Waals surface area contributed by atoms with Crippen LogP contribution in [0.5, 0.6) is 5.75 Å². The lowest BCUT2D eigenvalue weighted by molar-refractivity contribution is 0.147. The van der Waals surface area contributed by atoms with E-state index in [1.807, 2.05) is 12.1 Å². The molecule has 3 nitrogen and oxygen atoms in total. The number of rotatable bonds is 3. The van der Waals surface area contributed by atoms with E-state index in [0.717, 1.165) is 47.7 Å². The Kier molecular flexibility index (Phi) is 4.94. The summed E-state index contributed by atoms with van der Waals surface area (Å²) >= 11 is 5.34. The first-order valence-electron chi connectivity index (χ1n) is 7.37. The van der Waals surface area contributed by atoms with Crippen molar-refractivity contribution in [1.29, 1.82) is 0 Å². The third-order valence-electron chi connectivity index (χ3n) is 4.18. The average Bonchev–Trinajstić information content (AvgIpc) is 2.84. The Balaban J connectivity index is 1.84. The highest BCUT2D eigenvalue weighted by Gasteiger charge is 2.16. The van der Waals surface area contributed by atoms with Gasteiger partial charge in [0.25, 0.3) is 0 Å². The highest BCUT2D eigenvalue weighted by atomic mass is 32.9. The van der Waals surface area contributed by atoms with Gasteiger partial charge in [0.2, 0.25) is 0 Å². The molecule has 0 amide bonds. The van der Waals surface area contributed by atoms with Crippen LogP contribution < -0.4 is 0 Å². The van der Waals surface area contributed by atoms with Crippen molar-refractivity contribution in [3.05, 3.63) is 33.1 Å². The summed E-state index contributed by atoms with van der Waals surface area (Å²) in [7, 11) is 5.53. The van der Waals surface area contributed by atoms with Crippen LogP contribution in [0.1, 0.15) is 11.1 Å². The van der Waals surface area contributed by atoms with Gasteiger partial charge in [-0.2, -0.15) is 0 Å². The minimum absolute atomic E-state index is 0.388. The van der Waals surface area contributed by atoms with Crippen LogP contribution in [0, 0.1) is 10.7 Å². The van der Waals surface area contributed by atoms with Gasteiger partial charge in [0.15, 0.2) is 0 Å². The summed E-state index contributed by atoms with van der Waals surface area (Å²) in [4.78, 5) is 5.98. The highest BCUT2D eigenvalue weighted by molar-refractivity contribution is 7.80. The molecule has 22 heavy (non-hydrogen) atoms. The number of hydrogen-bond acceptors (Lipinski definition) is 6. The molecule has 0 unspecified atom stereocenters. The molecule has 0 aliphatic carbocycles. The number of phenols is 1. The zero-order valence-electron chi connectivity index (χ0n) is 12.8. The minimum Gasteiger partial charge on any atom is -0.508 e. The quantitative estimate of drug-likeness (QED) is 0.668. The summed E-state index contributed by atoms with van der Waals surface area (Å²) in [5.41, 5.74) is 3.35. The number of aromatic hydroxyl groups is 1. The van der Waals surface area contributed by atoms with Gasteiger partial charge in [0.05, 0.1) is 4.88 Å². The lowest BCUT2D eigenvalue weighted by Gasteiger charge is -2.32. The van der Waals surface area contributed by atoms with Crippen LogP contribution in [0.25, 0.3) is 10.4 Å². The van der Waals surface area contributed by atoms with Crippen molar-refractivity contribution in [3.8, 4) is 16.2 Å². The van der Waals surface area contributed by atoms with Crippen LogP contribution in [0.2, 0.25) is 0 Å². The van der Waals surface area contributed by atoms with Crippen molar-refractivity contribution >= 4 is 32.9 Å². The molecule has 2 aromatic rings. The van der Waals surface area contributed by atoms with E-state index in [2.05, 4.69) is 29.8 Å². The second-order valence-electron chi connectivity index (χ2n) is 5.83. The van der Waals surface area contributed by atoms with Crippen LogP contribution in [0.4, 0.5) is 0 Å². The summed E-state index contributed by atoms with van der Waals surface area (Å²) < 4.78 is 0.966. The van der Waals surface area contributed by atoms with Crippen molar-refractivity contribution in [3.63, 3.8) is 0 Å². The number of nitrogens with zero attached hydrogens (tertiary/aromatic N) is 2. The van der Waals surface area contributed by atoms with Gasteiger partial charge < -0.3 is 10.0 Å².